The quantitative estimate of drug-likeness (QED) is 0.831. The van der Waals surface area contributed by atoms with Crippen LogP contribution in [-0.4, -0.2) is 22.7 Å². The van der Waals surface area contributed by atoms with Crippen molar-refractivity contribution in [1.82, 2.24) is 9.97 Å². The number of rotatable bonds is 3. The van der Waals surface area contributed by atoms with Crippen LogP contribution in [0.4, 0.5) is 38.1 Å². The van der Waals surface area contributed by atoms with Crippen molar-refractivity contribution >= 4 is 11.8 Å². The first-order valence-electron chi connectivity index (χ1n) is 4.60. The highest BCUT2D eigenvalue weighted by Gasteiger charge is 2.33. The minimum Gasteiger partial charge on any atom is -0.370 e. The predicted octanol–water partition coefficient (Wildman–Crippen LogP) is 2.44. The number of nitrogen functional groups attached to an aromatic ring is 1. The number of hydrogen-bond acceptors (Lipinski definition) is 4. The maximum atomic E-state index is 12.3. The number of anilines is 2. The van der Waals surface area contributed by atoms with E-state index in [-0.39, 0.29) is 0 Å². The zero-order chi connectivity index (χ0) is 14.0. The molecule has 10 heteroatoms. The highest BCUT2D eigenvalue weighted by molar-refractivity contribution is 5.41. The van der Waals surface area contributed by atoms with Crippen molar-refractivity contribution in [2.24, 2.45) is 0 Å². The van der Waals surface area contributed by atoms with Crippen LogP contribution >= 0.6 is 0 Å². The van der Waals surface area contributed by atoms with Gasteiger partial charge in [0, 0.05) is 12.6 Å². The Kier molecular flexibility index (Phi) is 3.87. The first-order chi connectivity index (χ1) is 8.08. The molecular weight excluding hydrogens is 266 g/mol. The number of alkyl halides is 6. The Hall–Kier alpha value is -1.74. The van der Waals surface area contributed by atoms with Gasteiger partial charge in [-0.15, -0.1) is 0 Å². The monoisotopic (exact) mass is 274 g/mol. The van der Waals surface area contributed by atoms with E-state index in [1.807, 2.05) is 0 Å². The van der Waals surface area contributed by atoms with Gasteiger partial charge in [0.1, 0.15) is 5.82 Å². The summed E-state index contributed by atoms with van der Waals surface area (Å²) in [6, 6.07) is 0.493. The van der Waals surface area contributed by atoms with Gasteiger partial charge in [0.25, 0.3) is 0 Å². The number of nitrogens with two attached hydrogens (primary N) is 1. The molecule has 0 aliphatic rings. The Balaban J connectivity index is 2.75. The molecule has 0 spiro atoms. The highest BCUT2D eigenvalue weighted by Crippen LogP contribution is 2.29. The molecule has 0 bridgehead atoms. The van der Waals surface area contributed by atoms with Crippen LogP contribution in [0.5, 0.6) is 0 Å². The lowest BCUT2D eigenvalue weighted by Gasteiger charge is -2.11. The molecule has 1 heterocycles. The van der Waals surface area contributed by atoms with Crippen LogP contribution in [0.1, 0.15) is 12.1 Å². The molecular formula is C8H8F6N4. The molecule has 0 aliphatic heterocycles. The van der Waals surface area contributed by atoms with Gasteiger partial charge in [-0.25, -0.2) is 4.98 Å². The van der Waals surface area contributed by atoms with E-state index >= 15 is 0 Å². The van der Waals surface area contributed by atoms with E-state index in [0.717, 1.165) is 0 Å². The summed E-state index contributed by atoms with van der Waals surface area (Å²) in [6.45, 7) is -0.600. The number of nitrogens with zero attached hydrogens (tertiary/aromatic N) is 2. The number of aromatic nitrogens is 2. The van der Waals surface area contributed by atoms with Crippen molar-refractivity contribution in [3.8, 4) is 0 Å². The predicted molar refractivity (Wildman–Crippen MR) is 50.6 cm³/mol. The lowest BCUT2D eigenvalue weighted by Crippen LogP contribution is -2.17. The molecule has 0 aromatic carbocycles. The second-order valence-corrected chi connectivity index (χ2v) is 3.29. The van der Waals surface area contributed by atoms with Crippen molar-refractivity contribution in [2.45, 2.75) is 18.8 Å². The summed E-state index contributed by atoms with van der Waals surface area (Å²) in [6.07, 6.45) is -10.3. The first-order valence-corrected chi connectivity index (χ1v) is 4.60. The molecule has 1 rings (SSSR count). The SMILES string of the molecule is Nc1nc(NCCC(F)(F)F)cc(C(F)(F)F)n1. The zero-order valence-electron chi connectivity index (χ0n) is 8.73. The summed E-state index contributed by atoms with van der Waals surface area (Å²) >= 11 is 0. The Bertz CT molecular complexity index is 413. The summed E-state index contributed by atoms with van der Waals surface area (Å²) in [4.78, 5) is 6.30. The highest BCUT2D eigenvalue weighted by atomic mass is 19.4. The number of hydrogen-bond donors (Lipinski definition) is 2. The van der Waals surface area contributed by atoms with E-state index in [2.05, 4.69) is 15.3 Å². The molecule has 0 aliphatic carbocycles. The van der Waals surface area contributed by atoms with Crippen molar-refractivity contribution < 1.29 is 26.3 Å². The van der Waals surface area contributed by atoms with Crippen LogP contribution in [0.2, 0.25) is 0 Å². The molecule has 0 unspecified atom stereocenters. The molecule has 1 aromatic rings. The van der Waals surface area contributed by atoms with Gasteiger partial charge in [0.2, 0.25) is 5.95 Å². The van der Waals surface area contributed by atoms with Crippen molar-refractivity contribution in [1.29, 1.82) is 0 Å². The third-order valence-electron chi connectivity index (χ3n) is 1.75. The maximum Gasteiger partial charge on any atom is 0.433 e. The van der Waals surface area contributed by atoms with E-state index in [1.54, 1.807) is 0 Å². The number of halogens is 6. The van der Waals surface area contributed by atoms with Gasteiger partial charge in [-0.2, -0.15) is 31.3 Å². The van der Waals surface area contributed by atoms with E-state index in [4.69, 9.17) is 5.73 Å². The average Bonchev–Trinajstić information content (AvgIpc) is 2.13. The third-order valence-corrected chi connectivity index (χ3v) is 1.75. The molecule has 0 saturated heterocycles. The van der Waals surface area contributed by atoms with Crippen molar-refractivity contribution in [3.05, 3.63) is 11.8 Å². The van der Waals surface area contributed by atoms with Crippen LogP contribution in [0.25, 0.3) is 0 Å². The van der Waals surface area contributed by atoms with Crippen LogP contribution in [0, 0.1) is 0 Å². The molecule has 3 N–H and O–H groups in total. The standard InChI is InChI=1S/C8H8F6N4/c9-7(10,11)1-2-16-5-3-4(8(12,13)14)17-6(15)18-5/h3H,1-2H2,(H3,15,16,17,18). The number of nitrogens with one attached hydrogen (secondary N) is 1. The van der Waals surface area contributed by atoms with Gasteiger partial charge in [-0.1, -0.05) is 0 Å². The van der Waals surface area contributed by atoms with Gasteiger partial charge < -0.3 is 11.1 Å². The molecule has 1 aromatic heterocycles. The van der Waals surface area contributed by atoms with Gasteiger partial charge in [0.15, 0.2) is 5.69 Å². The molecule has 102 valence electrons. The molecule has 0 fully saturated rings. The van der Waals surface area contributed by atoms with Crippen molar-refractivity contribution in [2.75, 3.05) is 17.6 Å². The normalized spacial score (nSPS) is 12.6. The van der Waals surface area contributed by atoms with Crippen LogP contribution in [0.15, 0.2) is 6.07 Å². The van der Waals surface area contributed by atoms with Gasteiger partial charge in [0.05, 0.1) is 6.42 Å². The van der Waals surface area contributed by atoms with E-state index in [0.29, 0.717) is 6.07 Å². The molecule has 18 heavy (non-hydrogen) atoms. The topological polar surface area (TPSA) is 63.8 Å². The molecule has 0 atom stereocenters. The molecule has 0 radical (unpaired) electrons. The van der Waals surface area contributed by atoms with Gasteiger partial charge >= 0.3 is 12.4 Å². The third kappa shape index (κ3) is 4.63. The van der Waals surface area contributed by atoms with Gasteiger partial charge in [-0.3, -0.25) is 0 Å². The largest absolute Gasteiger partial charge is 0.433 e. The average molecular weight is 274 g/mol. The minimum absolute atomic E-state index is 0.404. The van der Waals surface area contributed by atoms with Gasteiger partial charge in [-0.05, 0) is 0 Å². The van der Waals surface area contributed by atoms with Crippen LogP contribution in [0.3, 0.4) is 0 Å². The Morgan fingerprint density at radius 3 is 2.22 bits per heavy atom. The lowest BCUT2D eigenvalue weighted by molar-refractivity contribution is -0.141. The van der Waals surface area contributed by atoms with Crippen LogP contribution < -0.4 is 11.1 Å². The molecule has 0 saturated carbocycles. The minimum atomic E-state index is -4.74. The smallest absolute Gasteiger partial charge is 0.370 e. The second-order valence-electron chi connectivity index (χ2n) is 3.29. The first kappa shape index (κ1) is 14.3. The summed E-state index contributed by atoms with van der Waals surface area (Å²) in [5.74, 6) is -1.07. The van der Waals surface area contributed by atoms with E-state index in [1.165, 1.54) is 0 Å². The van der Waals surface area contributed by atoms with Crippen LogP contribution in [-0.2, 0) is 6.18 Å². The van der Waals surface area contributed by atoms with E-state index in [9.17, 15) is 26.3 Å². The maximum absolute atomic E-state index is 12.3. The Morgan fingerprint density at radius 2 is 1.72 bits per heavy atom. The fourth-order valence-corrected chi connectivity index (χ4v) is 1.03. The molecule has 0 amide bonds. The second kappa shape index (κ2) is 4.86. The Labute approximate surface area is 97.2 Å². The summed E-state index contributed by atoms with van der Waals surface area (Å²) in [7, 11) is 0. The summed E-state index contributed by atoms with van der Waals surface area (Å²) in [5.41, 5.74) is 3.71. The summed E-state index contributed by atoms with van der Waals surface area (Å²) in [5, 5.41) is 2.10. The lowest BCUT2D eigenvalue weighted by atomic mass is 10.3. The molecule has 4 nitrogen and oxygen atoms in total. The van der Waals surface area contributed by atoms with Crippen molar-refractivity contribution in [3.63, 3.8) is 0 Å². The zero-order valence-corrected chi connectivity index (χ0v) is 8.73. The fraction of sp³-hybridized carbons (Fsp3) is 0.500. The van der Waals surface area contributed by atoms with E-state index < -0.39 is 42.8 Å². The summed E-state index contributed by atoms with van der Waals surface area (Å²) < 4.78 is 72.4. The fourth-order valence-electron chi connectivity index (χ4n) is 1.03. The Morgan fingerprint density at radius 1 is 1.11 bits per heavy atom.